The molecule has 4 rings (SSSR count). The third-order valence-corrected chi connectivity index (χ3v) is 4.17. The fourth-order valence-corrected chi connectivity index (χ4v) is 2.97. The number of rotatable bonds is 3. The van der Waals surface area contributed by atoms with Gasteiger partial charge in [-0.15, -0.1) is 11.3 Å². The Hall–Kier alpha value is -2.67. The van der Waals surface area contributed by atoms with Gasteiger partial charge in [-0.25, -0.2) is 9.97 Å². The van der Waals surface area contributed by atoms with Crippen LogP contribution in [0.5, 0.6) is 0 Å². The summed E-state index contributed by atoms with van der Waals surface area (Å²) in [5.41, 5.74) is 2.47. The molecule has 0 aliphatic carbocycles. The molecule has 3 aromatic rings. The molecule has 0 spiro atoms. The minimum absolute atomic E-state index is 0.599. The number of guanidine groups is 1. The molecular weight excluding hydrogens is 310 g/mol. The Kier molecular flexibility index (Phi) is 3.77. The Balaban J connectivity index is 1.53. The molecule has 0 saturated heterocycles. The lowest BCUT2D eigenvalue weighted by Crippen LogP contribution is -2.35. The molecule has 23 heavy (non-hydrogen) atoms. The van der Waals surface area contributed by atoms with Gasteiger partial charge in [0, 0.05) is 24.0 Å². The second-order valence-corrected chi connectivity index (χ2v) is 5.94. The molecule has 0 unspecified atom stereocenters. The number of benzene rings is 1. The maximum Gasteiger partial charge on any atom is 0.226 e. The van der Waals surface area contributed by atoms with Gasteiger partial charge in [0.1, 0.15) is 17.7 Å². The molecule has 0 saturated carbocycles. The lowest BCUT2D eigenvalue weighted by atomic mass is 10.2. The van der Waals surface area contributed by atoms with E-state index >= 15 is 0 Å². The molecule has 0 fully saturated rings. The van der Waals surface area contributed by atoms with Crippen LogP contribution < -0.4 is 10.6 Å². The highest BCUT2D eigenvalue weighted by molar-refractivity contribution is 7.14. The molecule has 0 radical (unpaired) electrons. The van der Waals surface area contributed by atoms with E-state index in [0.29, 0.717) is 5.89 Å². The summed E-state index contributed by atoms with van der Waals surface area (Å²) < 4.78 is 5.56. The summed E-state index contributed by atoms with van der Waals surface area (Å²) in [7, 11) is 0. The van der Waals surface area contributed by atoms with E-state index in [1.165, 1.54) is 11.3 Å². The van der Waals surface area contributed by atoms with Crippen molar-refractivity contribution in [1.29, 1.82) is 0 Å². The summed E-state index contributed by atoms with van der Waals surface area (Å²) in [6.07, 6.45) is 2.70. The minimum Gasteiger partial charge on any atom is -0.444 e. The van der Waals surface area contributed by atoms with Crippen LogP contribution in [-0.4, -0.2) is 29.0 Å². The van der Waals surface area contributed by atoms with Gasteiger partial charge < -0.3 is 15.1 Å². The molecule has 116 valence electrons. The largest absolute Gasteiger partial charge is 0.444 e. The van der Waals surface area contributed by atoms with Gasteiger partial charge in [0.15, 0.2) is 11.1 Å². The SMILES string of the molecule is c1ccc(-c2nc(-c3csc(NC4=NCCCN4)n3)co2)cc1. The van der Waals surface area contributed by atoms with E-state index in [0.717, 1.165) is 47.6 Å². The zero-order chi connectivity index (χ0) is 15.5. The van der Waals surface area contributed by atoms with Gasteiger partial charge in [0.2, 0.25) is 5.89 Å². The molecule has 6 nitrogen and oxygen atoms in total. The van der Waals surface area contributed by atoms with Crippen molar-refractivity contribution < 1.29 is 4.42 Å². The zero-order valence-electron chi connectivity index (χ0n) is 12.3. The lowest BCUT2D eigenvalue weighted by Gasteiger charge is -2.13. The highest BCUT2D eigenvalue weighted by atomic mass is 32.1. The maximum atomic E-state index is 5.56. The first-order valence-corrected chi connectivity index (χ1v) is 8.29. The fraction of sp³-hybridized carbons (Fsp3) is 0.188. The van der Waals surface area contributed by atoms with Crippen molar-refractivity contribution in [2.45, 2.75) is 6.42 Å². The molecule has 0 atom stereocenters. The number of nitrogens with one attached hydrogen (secondary N) is 2. The highest BCUT2D eigenvalue weighted by Crippen LogP contribution is 2.27. The maximum absolute atomic E-state index is 5.56. The van der Waals surface area contributed by atoms with Crippen molar-refractivity contribution in [1.82, 2.24) is 15.3 Å². The number of aliphatic imine (C=N–C) groups is 1. The average molecular weight is 325 g/mol. The van der Waals surface area contributed by atoms with Crippen LogP contribution in [0, 0.1) is 0 Å². The number of hydrogen-bond donors (Lipinski definition) is 2. The van der Waals surface area contributed by atoms with Crippen LogP contribution in [0.25, 0.3) is 22.8 Å². The van der Waals surface area contributed by atoms with Gasteiger partial charge in [-0.2, -0.15) is 0 Å². The first kappa shape index (κ1) is 14.0. The Labute approximate surface area is 137 Å². The molecule has 2 N–H and O–H groups in total. The summed E-state index contributed by atoms with van der Waals surface area (Å²) in [5, 5.41) is 9.16. The van der Waals surface area contributed by atoms with Crippen LogP contribution >= 0.6 is 11.3 Å². The number of hydrogen-bond acceptors (Lipinski definition) is 7. The predicted molar refractivity (Wildman–Crippen MR) is 91.6 cm³/mol. The standard InChI is InChI=1S/C16H15N5OS/c1-2-5-11(6-3-1)14-19-12(9-22-14)13-10-23-16(20-13)21-15-17-7-4-8-18-15/h1-3,5-6,9-10H,4,7-8H2,(H2,17,18,20,21). The summed E-state index contributed by atoms with van der Waals surface area (Å²) in [5.74, 6) is 1.38. The van der Waals surface area contributed by atoms with Crippen LogP contribution in [0.2, 0.25) is 0 Å². The second-order valence-electron chi connectivity index (χ2n) is 5.08. The summed E-state index contributed by atoms with van der Waals surface area (Å²) in [6.45, 7) is 1.78. The third kappa shape index (κ3) is 3.09. The molecule has 7 heteroatoms. The van der Waals surface area contributed by atoms with Crippen molar-refractivity contribution >= 4 is 22.4 Å². The Morgan fingerprint density at radius 1 is 1.13 bits per heavy atom. The highest BCUT2D eigenvalue weighted by Gasteiger charge is 2.12. The van der Waals surface area contributed by atoms with E-state index in [9.17, 15) is 0 Å². The van der Waals surface area contributed by atoms with Crippen molar-refractivity contribution in [2.24, 2.45) is 4.99 Å². The van der Waals surface area contributed by atoms with Gasteiger partial charge >= 0.3 is 0 Å². The van der Waals surface area contributed by atoms with Gasteiger partial charge in [-0.05, 0) is 18.6 Å². The fourth-order valence-electron chi connectivity index (χ4n) is 2.27. The van der Waals surface area contributed by atoms with Crippen molar-refractivity contribution in [3.8, 4) is 22.8 Å². The van der Waals surface area contributed by atoms with Gasteiger partial charge in [-0.1, -0.05) is 18.2 Å². The van der Waals surface area contributed by atoms with E-state index in [1.807, 2.05) is 35.7 Å². The molecule has 1 aliphatic rings. The van der Waals surface area contributed by atoms with Crippen molar-refractivity contribution in [2.75, 3.05) is 18.4 Å². The van der Waals surface area contributed by atoms with Crippen LogP contribution in [0.1, 0.15) is 6.42 Å². The lowest BCUT2D eigenvalue weighted by molar-refractivity contribution is 0.575. The smallest absolute Gasteiger partial charge is 0.226 e. The van der Waals surface area contributed by atoms with Gasteiger partial charge in [0.05, 0.1) is 0 Å². The van der Waals surface area contributed by atoms with Crippen molar-refractivity contribution in [3.05, 3.63) is 42.0 Å². The Morgan fingerprint density at radius 2 is 2.04 bits per heavy atom. The molecule has 0 amide bonds. The van der Waals surface area contributed by atoms with E-state index in [-0.39, 0.29) is 0 Å². The predicted octanol–water partition coefficient (Wildman–Crippen LogP) is 3.23. The topological polar surface area (TPSA) is 75.3 Å². The normalized spacial score (nSPS) is 14.2. The number of anilines is 1. The van der Waals surface area contributed by atoms with Crippen LogP contribution in [0.15, 0.2) is 51.4 Å². The zero-order valence-corrected chi connectivity index (χ0v) is 13.1. The van der Waals surface area contributed by atoms with Gasteiger partial charge in [-0.3, -0.25) is 4.99 Å². The van der Waals surface area contributed by atoms with E-state index < -0.39 is 0 Å². The van der Waals surface area contributed by atoms with E-state index in [1.54, 1.807) is 6.26 Å². The summed E-state index contributed by atoms with van der Waals surface area (Å²) >= 11 is 1.52. The summed E-state index contributed by atoms with van der Waals surface area (Å²) in [6, 6.07) is 9.82. The quantitative estimate of drug-likeness (QED) is 0.773. The van der Waals surface area contributed by atoms with E-state index in [2.05, 4.69) is 25.6 Å². The molecule has 0 bridgehead atoms. The van der Waals surface area contributed by atoms with Gasteiger partial charge in [0.25, 0.3) is 0 Å². The number of thiazole rings is 1. The van der Waals surface area contributed by atoms with Crippen LogP contribution in [0.3, 0.4) is 0 Å². The monoisotopic (exact) mass is 325 g/mol. The van der Waals surface area contributed by atoms with Crippen LogP contribution in [0.4, 0.5) is 5.13 Å². The second kappa shape index (κ2) is 6.21. The summed E-state index contributed by atoms with van der Waals surface area (Å²) in [4.78, 5) is 13.4. The Bertz CT molecular complexity index is 824. The number of oxazole rings is 1. The first-order chi connectivity index (χ1) is 11.4. The number of aromatic nitrogens is 2. The molecule has 1 aromatic carbocycles. The molecule has 1 aliphatic heterocycles. The van der Waals surface area contributed by atoms with Crippen LogP contribution in [-0.2, 0) is 0 Å². The third-order valence-electron chi connectivity index (χ3n) is 3.41. The Morgan fingerprint density at radius 3 is 2.87 bits per heavy atom. The minimum atomic E-state index is 0.599. The first-order valence-electron chi connectivity index (χ1n) is 7.41. The molecular formula is C16H15N5OS. The molecule has 3 heterocycles. The van der Waals surface area contributed by atoms with Crippen molar-refractivity contribution in [3.63, 3.8) is 0 Å². The molecule has 2 aromatic heterocycles. The van der Waals surface area contributed by atoms with E-state index in [4.69, 9.17) is 4.42 Å². The average Bonchev–Trinajstić information content (AvgIpc) is 3.26. The number of nitrogens with zero attached hydrogens (tertiary/aromatic N) is 3.